The first-order valence-corrected chi connectivity index (χ1v) is 11.9. The van der Waals surface area contributed by atoms with Crippen LogP contribution >= 0.6 is 0 Å². The Labute approximate surface area is 208 Å². The number of rotatable bonds is 7. The fourth-order valence-corrected chi connectivity index (χ4v) is 4.47. The lowest BCUT2D eigenvalue weighted by atomic mass is 10.2. The van der Waals surface area contributed by atoms with Crippen LogP contribution < -0.4 is 10.9 Å². The van der Waals surface area contributed by atoms with E-state index in [1.807, 2.05) is 41.4 Å². The number of fused-ring (bicyclic) bond motifs is 1. The van der Waals surface area contributed by atoms with E-state index < -0.39 is 0 Å². The lowest BCUT2D eigenvalue weighted by Crippen LogP contribution is -2.54. The van der Waals surface area contributed by atoms with Gasteiger partial charge in [-0.3, -0.25) is 19.1 Å². The van der Waals surface area contributed by atoms with E-state index >= 15 is 0 Å². The molecule has 10 heteroatoms. The van der Waals surface area contributed by atoms with Crippen molar-refractivity contribution in [2.75, 3.05) is 31.5 Å². The normalized spacial score (nSPS) is 16.2. The molecule has 1 aromatic carbocycles. The van der Waals surface area contributed by atoms with Gasteiger partial charge < -0.3 is 10.2 Å². The smallest absolute Gasteiger partial charge is 0.252 e. The number of aromatic nitrogens is 5. The van der Waals surface area contributed by atoms with Gasteiger partial charge in [0.25, 0.3) is 5.56 Å². The average Bonchev–Trinajstić information content (AvgIpc) is 3.37. The summed E-state index contributed by atoms with van der Waals surface area (Å²) in [6.07, 6.45) is 6.64. The molecule has 0 aliphatic carbocycles. The van der Waals surface area contributed by atoms with E-state index in [0.29, 0.717) is 37.8 Å². The second-order valence-corrected chi connectivity index (χ2v) is 8.80. The van der Waals surface area contributed by atoms with Crippen molar-refractivity contribution in [3.63, 3.8) is 0 Å². The highest BCUT2D eigenvalue weighted by Crippen LogP contribution is 2.17. The summed E-state index contributed by atoms with van der Waals surface area (Å²) in [7, 11) is 0. The highest BCUT2D eigenvalue weighted by Gasteiger charge is 2.25. The molecule has 1 atom stereocenters. The van der Waals surface area contributed by atoms with Crippen LogP contribution in [0.3, 0.4) is 0 Å². The first-order valence-electron chi connectivity index (χ1n) is 11.9. The predicted molar refractivity (Wildman–Crippen MR) is 138 cm³/mol. The molecule has 0 radical (unpaired) electrons. The number of carbonyl (C=O) groups excluding carboxylic acids is 1. The molecule has 1 saturated heterocycles. The molecule has 36 heavy (non-hydrogen) atoms. The van der Waals surface area contributed by atoms with E-state index in [0.717, 1.165) is 23.3 Å². The minimum atomic E-state index is -0.114. The standard InChI is InChI=1S/C26H28N8O2/c1-3-23(35)32-12-11-31(19(2)17-32)13-14-33-24(36)10-9-20-15-27-26(30-25(20)33)29-21-16-28-34(18-21)22-7-5-4-6-8-22/h3-10,15-16,18-19H,1,11-14,17H2,2H3,(H,27,29,30)/t19-/m0/s1. The monoisotopic (exact) mass is 484 g/mol. The Bertz CT molecular complexity index is 1450. The van der Waals surface area contributed by atoms with Gasteiger partial charge in [0, 0.05) is 56.4 Å². The van der Waals surface area contributed by atoms with E-state index in [2.05, 4.69) is 38.8 Å². The fourth-order valence-electron chi connectivity index (χ4n) is 4.47. The highest BCUT2D eigenvalue weighted by atomic mass is 16.2. The van der Waals surface area contributed by atoms with Crippen LogP contribution in [0.4, 0.5) is 11.6 Å². The molecule has 0 saturated carbocycles. The number of amides is 1. The molecule has 0 bridgehead atoms. The number of benzene rings is 1. The molecule has 4 heterocycles. The molecular weight excluding hydrogens is 456 g/mol. The Kier molecular flexibility index (Phi) is 6.59. The highest BCUT2D eigenvalue weighted by molar-refractivity contribution is 5.87. The van der Waals surface area contributed by atoms with Crippen molar-refractivity contribution < 1.29 is 4.79 Å². The van der Waals surface area contributed by atoms with E-state index in [1.54, 1.807) is 33.8 Å². The third kappa shape index (κ3) is 4.89. The second kappa shape index (κ2) is 10.1. The molecular formula is C26H28N8O2. The van der Waals surface area contributed by atoms with Gasteiger partial charge in [0.05, 0.1) is 23.8 Å². The van der Waals surface area contributed by atoms with Gasteiger partial charge in [-0.2, -0.15) is 10.1 Å². The summed E-state index contributed by atoms with van der Waals surface area (Å²) in [6.45, 7) is 8.86. The van der Waals surface area contributed by atoms with Gasteiger partial charge >= 0.3 is 0 Å². The molecule has 184 valence electrons. The van der Waals surface area contributed by atoms with Gasteiger partial charge in [-0.25, -0.2) is 9.67 Å². The topological polar surface area (TPSA) is 101 Å². The van der Waals surface area contributed by atoms with Crippen molar-refractivity contribution in [1.29, 1.82) is 0 Å². The largest absolute Gasteiger partial charge is 0.336 e. The summed E-state index contributed by atoms with van der Waals surface area (Å²) in [5.41, 5.74) is 2.15. The Morgan fingerprint density at radius 2 is 1.97 bits per heavy atom. The molecule has 1 fully saturated rings. The van der Waals surface area contributed by atoms with Gasteiger partial charge in [0.2, 0.25) is 11.9 Å². The molecule has 1 amide bonds. The number of carbonyl (C=O) groups is 1. The Morgan fingerprint density at radius 3 is 2.75 bits per heavy atom. The molecule has 10 nitrogen and oxygen atoms in total. The van der Waals surface area contributed by atoms with Crippen LogP contribution in [0.1, 0.15) is 6.92 Å². The van der Waals surface area contributed by atoms with Crippen molar-refractivity contribution in [2.24, 2.45) is 0 Å². The zero-order valence-corrected chi connectivity index (χ0v) is 20.1. The molecule has 0 unspecified atom stereocenters. The number of anilines is 2. The summed E-state index contributed by atoms with van der Waals surface area (Å²) >= 11 is 0. The van der Waals surface area contributed by atoms with Crippen LogP contribution in [0.2, 0.25) is 0 Å². The third-order valence-corrected chi connectivity index (χ3v) is 6.44. The summed E-state index contributed by atoms with van der Waals surface area (Å²) in [6, 6.07) is 13.3. The van der Waals surface area contributed by atoms with E-state index in [-0.39, 0.29) is 17.5 Å². The zero-order valence-electron chi connectivity index (χ0n) is 20.1. The number of piperazine rings is 1. The van der Waals surface area contributed by atoms with Crippen LogP contribution in [0.25, 0.3) is 16.7 Å². The molecule has 0 spiro atoms. The number of pyridine rings is 1. The van der Waals surface area contributed by atoms with Gasteiger partial charge in [-0.1, -0.05) is 24.8 Å². The number of hydrogen-bond acceptors (Lipinski definition) is 7. The summed E-state index contributed by atoms with van der Waals surface area (Å²) in [5, 5.41) is 8.37. The Morgan fingerprint density at radius 1 is 1.14 bits per heavy atom. The number of nitrogens with zero attached hydrogens (tertiary/aromatic N) is 7. The maximum atomic E-state index is 12.8. The van der Waals surface area contributed by atoms with Crippen molar-refractivity contribution in [3.8, 4) is 5.69 Å². The number of nitrogens with one attached hydrogen (secondary N) is 1. The molecule has 1 aliphatic heterocycles. The first-order chi connectivity index (χ1) is 17.5. The second-order valence-electron chi connectivity index (χ2n) is 8.80. The minimum absolute atomic E-state index is 0.0437. The lowest BCUT2D eigenvalue weighted by Gasteiger charge is -2.39. The lowest BCUT2D eigenvalue weighted by molar-refractivity contribution is -0.128. The van der Waals surface area contributed by atoms with Crippen LogP contribution in [-0.4, -0.2) is 72.2 Å². The van der Waals surface area contributed by atoms with Crippen molar-refractivity contribution in [3.05, 3.63) is 84.1 Å². The maximum absolute atomic E-state index is 12.8. The minimum Gasteiger partial charge on any atom is -0.336 e. The molecule has 1 aliphatic rings. The average molecular weight is 485 g/mol. The summed E-state index contributed by atoms with van der Waals surface area (Å²) in [5.74, 6) is 0.345. The van der Waals surface area contributed by atoms with E-state index in [1.165, 1.54) is 6.08 Å². The Balaban J connectivity index is 1.33. The quantitative estimate of drug-likeness (QED) is 0.402. The van der Waals surface area contributed by atoms with E-state index in [9.17, 15) is 9.59 Å². The predicted octanol–water partition coefficient (Wildman–Crippen LogP) is 2.44. The number of para-hydroxylation sites is 1. The number of hydrogen-bond donors (Lipinski definition) is 1. The molecule has 3 aromatic heterocycles. The maximum Gasteiger partial charge on any atom is 0.252 e. The van der Waals surface area contributed by atoms with Gasteiger partial charge in [0.15, 0.2) is 0 Å². The zero-order chi connectivity index (χ0) is 25.1. The van der Waals surface area contributed by atoms with Gasteiger partial charge in [0.1, 0.15) is 5.65 Å². The van der Waals surface area contributed by atoms with Crippen LogP contribution in [0.15, 0.2) is 78.5 Å². The van der Waals surface area contributed by atoms with Crippen molar-refractivity contribution in [2.45, 2.75) is 19.5 Å². The third-order valence-electron chi connectivity index (χ3n) is 6.44. The van der Waals surface area contributed by atoms with E-state index in [4.69, 9.17) is 0 Å². The van der Waals surface area contributed by atoms with Gasteiger partial charge in [-0.15, -0.1) is 0 Å². The fraction of sp³-hybridized carbons (Fsp3) is 0.269. The molecule has 5 rings (SSSR count). The first kappa shape index (κ1) is 23.4. The Hall–Kier alpha value is -4.31. The van der Waals surface area contributed by atoms with Crippen LogP contribution in [0, 0.1) is 0 Å². The van der Waals surface area contributed by atoms with Crippen molar-refractivity contribution in [1.82, 2.24) is 34.1 Å². The van der Waals surface area contributed by atoms with Crippen LogP contribution in [0.5, 0.6) is 0 Å². The van der Waals surface area contributed by atoms with Gasteiger partial charge in [-0.05, 0) is 31.2 Å². The van der Waals surface area contributed by atoms with Crippen LogP contribution in [-0.2, 0) is 11.3 Å². The molecule has 1 N–H and O–H groups in total. The summed E-state index contributed by atoms with van der Waals surface area (Å²) in [4.78, 5) is 37.9. The molecule has 4 aromatic rings. The van der Waals surface area contributed by atoms with Crippen molar-refractivity contribution >= 4 is 28.6 Å². The summed E-state index contributed by atoms with van der Waals surface area (Å²) < 4.78 is 3.45. The SMILES string of the molecule is C=CC(=O)N1CCN(CCn2c(=O)ccc3cnc(Nc4cnn(-c5ccccc5)c4)nc32)[C@@H](C)C1.